The van der Waals surface area contributed by atoms with Crippen molar-refractivity contribution < 1.29 is 4.79 Å². The molecule has 4 nitrogen and oxygen atoms in total. The first kappa shape index (κ1) is 10.8. The van der Waals surface area contributed by atoms with Crippen molar-refractivity contribution in [2.24, 2.45) is 10.8 Å². The van der Waals surface area contributed by atoms with Gasteiger partial charge in [0.15, 0.2) is 0 Å². The molecule has 0 unspecified atom stereocenters. The number of halogens is 2. The molecule has 0 heterocycles. The molecule has 0 bridgehead atoms. The van der Waals surface area contributed by atoms with Crippen LogP contribution in [0.2, 0.25) is 10.0 Å². The first-order valence-corrected chi connectivity index (χ1v) is 4.39. The Bertz CT molecular complexity index is 379. The number of carbonyl (C=O) groups is 1. The van der Waals surface area contributed by atoms with Crippen molar-refractivity contribution in [1.82, 2.24) is 5.43 Å². The lowest BCUT2D eigenvalue weighted by Crippen LogP contribution is -2.24. The lowest BCUT2D eigenvalue weighted by molar-refractivity contribution is 0.249. The quantitative estimate of drug-likeness (QED) is 0.594. The second kappa shape index (κ2) is 4.83. The third kappa shape index (κ3) is 2.90. The van der Waals surface area contributed by atoms with E-state index < -0.39 is 6.03 Å². The zero-order valence-electron chi connectivity index (χ0n) is 7.00. The molecule has 2 amide bonds. The standard InChI is InChI=1S/C8H7Cl2N3O/c9-6-3-1-2-5(7(6)10)4-12-13-8(11)14/h1-4H,(H3,11,13,14)/b12-4-. The van der Waals surface area contributed by atoms with Gasteiger partial charge in [-0.15, -0.1) is 0 Å². The van der Waals surface area contributed by atoms with Crippen molar-refractivity contribution in [2.75, 3.05) is 0 Å². The summed E-state index contributed by atoms with van der Waals surface area (Å²) in [6.07, 6.45) is 1.36. The molecule has 0 atom stereocenters. The summed E-state index contributed by atoms with van der Waals surface area (Å²) in [5.74, 6) is 0. The molecule has 1 aromatic rings. The fourth-order valence-electron chi connectivity index (χ4n) is 0.786. The average Bonchev–Trinajstić information content (AvgIpc) is 2.12. The number of hydrogen-bond acceptors (Lipinski definition) is 2. The van der Waals surface area contributed by atoms with Crippen molar-refractivity contribution in [2.45, 2.75) is 0 Å². The molecular weight excluding hydrogens is 225 g/mol. The van der Waals surface area contributed by atoms with E-state index in [-0.39, 0.29) is 0 Å². The SMILES string of the molecule is NC(=O)N/N=C\c1cccc(Cl)c1Cl. The van der Waals surface area contributed by atoms with Crippen LogP contribution in [-0.4, -0.2) is 12.2 Å². The molecular formula is C8H7Cl2N3O. The van der Waals surface area contributed by atoms with Gasteiger partial charge in [-0.05, 0) is 6.07 Å². The molecule has 0 fully saturated rings. The van der Waals surface area contributed by atoms with E-state index >= 15 is 0 Å². The minimum atomic E-state index is -0.737. The molecule has 3 N–H and O–H groups in total. The van der Waals surface area contributed by atoms with E-state index in [4.69, 9.17) is 28.9 Å². The van der Waals surface area contributed by atoms with Crippen LogP contribution in [0.1, 0.15) is 5.56 Å². The minimum Gasteiger partial charge on any atom is -0.350 e. The molecule has 0 saturated carbocycles. The molecule has 74 valence electrons. The van der Waals surface area contributed by atoms with E-state index in [1.807, 2.05) is 5.43 Å². The molecule has 0 aliphatic rings. The van der Waals surface area contributed by atoms with Gasteiger partial charge < -0.3 is 5.73 Å². The number of hydrogen-bond donors (Lipinski definition) is 2. The molecule has 0 radical (unpaired) electrons. The Hall–Kier alpha value is -1.26. The smallest absolute Gasteiger partial charge is 0.332 e. The topological polar surface area (TPSA) is 67.5 Å². The summed E-state index contributed by atoms with van der Waals surface area (Å²) >= 11 is 11.6. The predicted molar refractivity (Wildman–Crippen MR) is 56.8 cm³/mol. The molecule has 0 aliphatic heterocycles. The van der Waals surface area contributed by atoms with Gasteiger partial charge in [-0.25, -0.2) is 10.2 Å². The highest BCUT2D eigenvalue weighted by Gasteiger charge is 2.00. The number of amides is 2. The van der Waals surface area contributed by atoms with Gasteiger partial charge in [0, 0.05) is 5.56 Å². The largest absolute Gasteiger partial charge is 0.350 e. The number of nitrogens with one attached hydrogen (secondary N) is 1. The molecule has 0 saturated heterocycles. The summed E-state index contributed by atoms with van der Waals surface area (Å²) < 4.78 is 0. The Morgan fingerprint density at radius 3 is 2.86 bits per heavy atom. The van der Waals surface area contributed by atoms with Crippen LogP contribution >= 0.6 is 23.2 Å². The first-order valence-electron chi connectivity index (χ1n) is 3.64. The van der Waals surface area contributed by atoms with Gasteiger partial charge in [0.1, 0.15) is 0 Å². The minimum absolute atomic E-state index is 0.379. The summed E-state index contributed by atoms with van der Waals surface area (Å²) in [4.78, 5) is 10.3. The van der Waals surface area contributed by atoms with Crippen molar-refractivity contribution >= 4 is 35.4 Å². The van der Waals surface area contributed by atoms with Gasteiger partial charge in [-0.2, -0.15) is 5.10 Å². The number of hydrazone groups is 1. The number of carbonyl (C=O) groups excluding carboxylic acids is 1. The average molecular weight is 232 g/mol. The van der Waals surface area contributed by atoms with Crippen molar-refractivity contribution in [3.8, 4) is 0 Å². The Kier molecular flexibility index (Phi) is 3.73. The third-order valence-corrected chi connectivity index (χ3v) is 2.19. The van der Waals surface area contributed by atoms with E-state index in [1.54, 1.807) is 18.2 Å². The Balaban J connectivity index is 2.81. The maximum atomic E-state index is 10.3. The lowest BCUT2D eigenvalue weighted by atomic mass is 10.2. The van der Waals surface area contributed by atoms with Gasteiger partial charge in [-0.3, -0.25) is 0 Å². The number of nitrogens with zero attached hydrogens (tertiary/aromatic N) is 1. The lowest BCUT2D eigenvalue weighted by Gasteiger charge is -1.98. The molecule has 0 aliphatic carbocycles. The van der Waals surface area contributed by atoms with Crippen LogP contribution in [0.3, 0.4) is 0 Å². The van der Waals surface area contributed by atoms with Crippen LogP contribution < -0.4 is 11.2 Å². The van der Waals surface area contributed by atoms with Crippen LogP contribution in [0.5, 0.6) is 0 Å². The predicted octanol–water partition coefficient (Wildman–Crippen LogP) is 2.00. The summed E-state index contributed by atoms with van der Waals surface area (Å²) in [5.41, 5.74) is 7.45. The number of benzene rings is 1. The second-order valence-corrected chi connectivity index (χ2v) is 3.16. The highest BCUT2D eigenvalue weighted by atomic mass is 35.5. The Morgan fingerprint density at radius 2 is 2.21 bits per heavy atom. The molecule has 0 spiro atoms. The van der Waals surface area contributed by atoms with E-state index in [0.717, 1.165) is 0 Å². The maximum absolute atomic E-state index is 10.3. The van der Waals surface area contributed by atoms with Crippen molar-refractivity contribution in [3.63, 3.8) is 0 Å². The van der Waals surface area contributed by atoms with Gasteiger partial charge in [0.05, 0.1) is 16.3 Å². The monoisotopic (exact) mass is 231 g/mol. The van der Waals surface area contributed by atoms with Crippen LogP contribution in [-0.2, 0) is 0 Å². The fourth-order valence-corrected chi connectivity index (χ4v) is 1.14. The number of nitrogens with two attached hydrogens (primary N) is 1. The number of urea groups is 1. The second-order valence-electron chi connectivity index (χ2n) is 2.38. The maximum Gasteiger partial charge on any atom is 0.332 e. The van der Waals surface area contributed by atoms with E-state index in [2.05, 4.69) is 5.10 Å². The van der Waals surface area contributed by atoms with Crippen LogP contribution in [0.15, 0.2) is 23.3 Å². The normalized spacial score (nSPS) is 10.4. The molecule has 6 heteroatoms. The summed E-state index contributed by atoms with van der Waals surface area (Å²) in [6.45, 7) is 0. The zero-order valence-corrected chi connectivity index (χ0v) is 8.51. The van der Waals surface area contributed by atoms with Gasteiger partial charge in [0.2, 0.25) is 0 Å². The third-order valence-electron chi connectivity index (χ3n) is 1.36. The van der Waals surface area contributed by atoms with Gasteiger partial charge >= 0.3 is 6.03 Å². The Morgan fingerprint density at radius 1 is 1.50 bits per heavy atom. The number of rotatable bonds is 2. The van der Waals surface area contributed by atoms with E-state index in [0.29, 0.717) is 15.6 Å². The first-order chi connectivity index (χ1) is 6.61. The van der Waals surface area contributed by atoms with Gasteiger partial charge in [-0.1, -0.05) is 35.3 Å². The highest BCUT2D eigenvalue weighted by Crippen LogP contribution is 2.23. The zero-order chi connectivity index (χ0) is 10.6. The summed E-state index contributed by atoms with van der Waals surface area (Å²) in [7, 11) is 0. The highest BCUT2D eigenvalue weighted by molar-refractivity contribution is 6.43. The van der Waals surface area contributed by atoms with E-state index in [9.17, 15) is 4.79 Å². The van der Waals surface area contributed by atoms with Crippen molar-refractivity contribution in [1.29, 1.82) is 0 Å². The summed E-state index contributed by atoms with van der Waals surface area (Å²) in [5, 5.41) is 4.35. The van der Waals surface area contributed by atoms with E-state index in [1.165, 1.54) is 6.21 Å². The summed E-state index contributed by atoms with van der Waals surface area (Å²) in [6, 6.07) is 4.35. The Labute approximate surface area is 90.7 Å². The fraction of sp³-hybridized carbons (Fsp3) is 0. The molecule has 1 rings (SSSR count). The molecule has 14 heavy (non-hydrogen) atoms. The van der Waals surface area contributed by atoms with Crippen molar-refractivity contribution in [3.05, 3.63) is 33.8 Å². The molecule has 0 aromatic heterocycles. The van der Waals surface area contributed by atoms with Crippen LogP contribution in [0, 0.1) is 0 Å². The number of primary amides is 1. The van der Waals surface area contributed by atoms with Crippen LogP contribution in [0.25, 0.3) is 0 Å². The molecule has 1 aromatic carbocycles. The van der Waals surface area contributed by atoms with Crippen LogP contribution in [0.4, 0.5) is 4.79 Å². The van der Waals surface area contributed by atoms with Gasteiger partial charge in [0.25, 0.3) is 0 Å².